The van der Waals surface area contributed by atoms with Gasteiger partial charge in [-0.05, 0) is 24.3 Å². The number of nitrogens with one attached hydrogen (secondary N) is 1. The first-order valence-electron chi connectivity index (χ1n) is 9.82. The van der Waals surface area contributed by atoms with Crippen molar-refractivity contribution >= 4 is 22.4 Å². The maximum atomic E-state index is 5.89. The molecule has 1 aliphatic rings. The highest BCUT2D eigenvalue weighted by Gasteiger charge is 2.20. The number of rotatable bonds is 8. The van der Waals surface area contributed by atoms with Gasteiger partial charge in [-0.25, -0.2) is 9.97 Å². The second kappa shape index (κ2) is 8.35. The Morgan fingerprint density at radius 1 is 1.00 bits per heavy atom. The van der Waals surface area contributed by atoms with Crippen LogP contribution in [-0.2, 0) is 6.61 Å². The quantitative estimate of drug-likeness (QED) is 0.429. The second-order valence-electron chi connectivity index (χ2n) is 6.83. The topological polar surface area (TPSA) is 87.6 Å². The van der Waals surface area contributed by atoms with Crippen LogP contribution in [0.15, 0.2) is 61.2 Å². The lowest BCUT2D eigenvalue weighted by molar-refractivity contribution is 0.211. The van der Waals surface area contributed by atoms with E-state index < -0.39 is 0 Å². The summed E-state index contributed by atoms with van der Waals surface area (Å²) in [5.41, 5.74) is 2.78. The van der Waals surface area contributed by atoms with Crippen molar-refractivity contribution in [2.24, 2.45) is 0 Å². The van der Waals surface area contributed by atoms with Crippen LogP contribution in [0.1, 0.15) is 5.56 Å². The van der Waals surface area contributed by atoms with Gasteiger partial charge in [-0.1, -0.05) is 12.1 Å². The number of para-hydroxylation sites is 1. The van der Waals surface area contributed by atoms with Crippen LogP contribution in [0.25, 0.3) is 10.9 Å². The van der Waals surface area contributed by atoms with E-state index in [2.05, 4.69) is 20.3 Å². The molecular weight excluding hydrogens is 396 g/mol. The third kappa shape index (κ3) is 3.87. The van der Waals surface area contributed by atoms with Crippen LogP contribution in [0.2, 0.25) is 0 Å². The van der Waals surface area contributed by atoms with Gasteiger partial charge in [0.2, 0.25) is 0 Å². The van der Waals surface area contributed by atoms with Gasteiger partial charge in [0.1, 0.15) is 43.5 Å². The molecule has 1 aliphatic heterocycles. The molecule has 0 saturated carbocycles. The van der Waals surface area contributed by atoms with Crippen molar-refractivity contribution in [3.63, 3.8) is 0 Å². The van der Waals surface area contributed by atoms with Gasteiger partial charge in [0, 0.05) is 29.4 Å². The van der Waals surface area contributed by atoms with Gasteiger partial charge in [0.25, 0.3) is 0 Å². The predicted molar refractivity (Wildman–Crippen MR) is 115 cm³/mol. The SMILES string of the molecule is COc1cc2c(Nc3cccc4c3OC4)ncnc2cc1OCCOc1ccncc1. The summed E-state index contributed by atoms with van der Waals surface area (Å²) in [7, 11) is 1.60. The molecule has 0 aliphatic carbocycles. The number of fused-ring (bicyclic) bond motifs is 2. The first-order valence-corrected chi connectivity index (χ1v) is 9.82. The highest BCUT2D eigenvalue weighted by atomic mass is 16.5. The fraction of sp³-hybridized carbons (Fsp3) is 0.174. The Hall–Kier alpha value is -4.07. The molecule has 31 heavy (non-hydrogen) atoms. The standard InChI is InChI=1S/C23H20N4O4/c1-28-20-11-17-19(12-21(20)30-10-9-29-16-5-7-24-8-6-16)25-14-26-23(17)27-18-4-2-3-15-13-31-22(15)18/h2-8,11-12,14H,9-10,13H2,1H3,(H,25,26,27). The number of anilines is 2. The van der Waals surface area contributed by atoms with Crippen LogP contribution in [0.4, 0.5) is 11.5 Å². The summed E-state index contributed by atoms with van der Waals surface area (Å²) in [5, 5.41) is 4.17. The lowest BCUT2D eigenvalue weighted by Gasteiger charge is -2.23. The molecule has 0 fully saturated rings. The average Bonchev–Trinajstić information content (AvgIpc) is 2.78. The van der Waals surface area contributed by atoms with Crippen molar-refractivity contribution in [3.05, 3.63) is 66.7 Å². The molecule has 0 bridgehead atoms. The summed E-state index contributed by atoms with van der Waals surface area (Å²) in [6.07, 6.45) is 4.88. The Morgan fingerprint density at radius 2 is 1.87 bits per heavy atom. The number of hydrogen-bond acceptors (Lipinski definition) is 8. The van der Waals surface area contributed by atoms with E-state index in [1.54, 1.807) is 31.6 Å². The summed E-state index contributed by atoms with van der Waals surface area (Å²) >= 11 is 0. The van der Waals surface area contributed by atoms with Crippen molar-refractivity contribution in [3.8, 4) is 23.0 Å². The van der Waals surface area contributed by atoms with E-state index in [0.717, 1.165) is 28.1 Å². The molecule has 0 atom stereocenters. The molecule has 0 amide bonds. The molecular formula is C23H20N4O4. The van der Waals surface area contributed by atoms with Crippen molar-refractivity contribution < 1.29 is 18.9 Å². The Balaban J connectivity index is 1.35. The minimum atomic E-state index is 0.355. The third-order valence-electron chi connectivity index (χ3n) is 4.90. The van der Waals surface area contributed by atoms with Gasteiger partial charge in [-0.15, -0.1) is 0 Å². The van der Waals surface area contributed by atoms with Crippen molar-refractivity contribution in [2.45, 2.75) is 6.61 Å². The Bertz CT molecular complexity index is 1220. The lowest BCUT2D eigenvalue weighted by atomic mass is 10.1. The first-order chi connectivity index (χ1) is 15.3. The summed E-state index contributed by atoms with van der Waals surface area (Å²) in [6.45, 7) is 1.38. The zero-order chi connectivity index (χ0) is 21.0. The average molecular weight is 416 g/mol. The number of nitrogens with zero attached hydrogens (tertiary/aromatic N) is 3. The molecule has 156 valence electrons. The van der Waals surface area contributed by atoms with E-state index in [1.165, 1.54) is 11.9 Å². The summed E-state index contributed by atoms with van der Waals surface area (Å²) in [6, 6.07) is 13.3. The fourth-order valence-electron chi connectivity index (χ4n) is 3.35. The normalized spacial score (nSPS) is 11.8. The van der Waals surface area contributed by atoms with Crippen LogP contribution in [0.3, 0.4) is 0 Å². The van der Waals surface area contributed by atoms with Crippen molar-refractivity contribution in [1.29, 1.82) is 0 Å². The largest absolute Gasteiger partial charge is 0.493 e. The Labute approximate surface area is 178 Å². The molecule has 0 saturated heterocycles. The maximum Gasteiger partial charge on any atom is 0.163 e. The highest BCUT2D eigenvalue weighted by molar-refractivity contribution is 5.93. The molecule has 8 heteroatoms. The highest BCUT2D eigenvalue weighted by Crippen LogP contribution is 2.40. The summed E-state index contributed by atoms with van der Waals surface area (Å²) in [4.78, 5) is 12.8. The Kier molecular flexibility index (Phi) is 5.10. The van der Waals surface area contributed by atoms with Gasteiger partial charge >= 0.3 is 0 Å². The predicted octanol–water partition coefficient (Wildman–Crippen LogP) is 4.13. The summed E-state index contributed by atoms with van der Waals surface area (Å²) in [5.74, 6) is 3.44. The van der Waals surface area contributed by atoms with Gasteiger partial charge in [-0.2, -0.15) is 0 Å². The van der Waals surface area contributed by atoms with Crippen LogP contribution in [0.5, 0.6) is 23.0 Å². The van der Waals surface area contributed by atoms with Gasteiger partial charge in [-0.3, -0.25) is 4.98 Å². The van der Waals surface area contributed by atoms with E-state index in [-0.39, 0.29) is 0 Å². The van der Waals surface area contributed by atoms with E-state index in [4.69, 9.17) is 18.9 Å². The number of pyridine rings is 1. The molecule has 3 heterocycles. The third-order valence-corrected chi connectivity index (χ3v) is 4.90. The molecule has 8 nitrogen and oxygen atoms in total. The second-order valence-corrected chi connectivity index (χ2v) is 6.83. The number of aromatic nitrogens is 3. The first kappa shape index (κ1) is 18.9. The van der Waals surface area contributed by atoms with E-state index in [0.29, 0.717) is 37.1 Å². The van der Waals surface area contributed by atoms with E-state index in [9.17, 15) is 0 Å². The summed E-state index contributed by atoms with van der Waals surface area (Å²) < 4.78 is 22.7. The molecule has 5 rings (SSSR count). The molecule has 0 unspecified atom stereocenters. The fourth-order valence-corrected chi connectivity index (χ4v) is 3.35. The minimum Gasteiger partial charge on any atom is -0.493 e. The van der Waals surface area contributed by atoms with Crippen LogP contribution in [0, 0.1) is 0 Å². The van der Waals surface area contributed by atoms with Crippen molar-refractivity contribution in [2.75, 3.05) is 25.6 Å². The molecule has 0 radical (unpaired) electrons. The molecule has 4 aromatic rings. The lowest BCUT2D eigenvalue weighted by Crippen LogP contribution is -2.11. The smallest absolute Gasteiger partial charge is 0.163 e. The monoisotopic (exact) mass is 416 g/mol. The number of benzene rings is 2. The van der Waals surface area contributed by atoms with Gasteiger partial charge < -0.3 is 24.3 Å². The molecule has 0 spiro atoms. The number of ether oxygens (including phenoxy) is 4. The zero-order valence-electron chi connectivity index (χ0n) is 16.9. The van der Waals surface area contributed by atoms with E-state index >= 15 is 0 Å². The van der Waals surface area contributed by atoms with Crippen LogP contribution >= 0.6 is 0 Å². The zero-order valence-corrected chi connectivity index (χ0v) is 16.9. The molecule has 2 aromatic heterocycles. The number of hydrogen-bond donors (Lipinski definition) is 1. The number of methoxy groups -OCH3 is 1. The maximum absolute atomic E-state index is 5.89. The molecule has 2 aromatic carbocycles. The van der Waals surface area contributed by atoms with Gasteiger partial charge in [0.05, 0.1) is 18.3 Å². The molecule has 1 N–H and O–H groups in total. The van der Waals surface area contributed by atoms with Gasteiger partial charge in [0.15, 0.2) is 11.5 Å². The minimum absolute atomic E-state index is 0.355. The van der Waals surface area contributed by atoms with E-state index in [1.807, 2.05) is 30.3 Å². The van der Waals surface area contributed by atoms with Crippen LogP contribution in [-0.4, -0.2) is 35.3 Å². The van der Waals surface area contributed by atoms with Crippen LogP contribution < -0.4 is 24.3 Å². The van der Waals surface area contributed by atoms with Crippen molar-refractivity contribution in [1.82, 2.24) is 15.0 Å². The Morgan fingerprint density at radius 3 is 2.68 bits per heavy atom.